The fraction of sp³-hybridized carbons (Fsp3) is 0.545. The third kappa shape index (κ3) is 2.83. The van der Waals surface area contributed by atoms with Crippen LogP contribution in [-0.4, -0.2) is 29.5 Å². The van der Waals surface area contributed by atoms with Gasteiger partial charge in [0.2, 0.25) is 5.82 Å². The fourth-order valence-corrected chi connectivity index (χ4v) is 1.69. The third-order valence-electron chi connectivity index (χ3n) is 2.54. The second-order valence-corrected chi connectivity index (χ2v) is 3.93. The van der Waals surface area contributed by atoms with E-state index in [9.17, 15) is 10.1 Å². The predicted octanol–water partition coefficient (Wildman–Crippen LogP) is 2.27. The van der Waals surface area contributed by atoms with E-state index in [4.69, 9.17) is 0 Å². The number of aromatic nitrogens is 1. The molecule has 1 N–H and O–H groups in total. The Labute approximate surface area is 101 Å². The molecule has 94 valence electrons. The molecule has 0 spiro atoms. The van der Waals surface area contributed by atoms with E-state index in [2.05, 4.69) is 10.3 Å². The molecular formula is C11H18N4O2. The Hall–Kier alpha value is -1.85. The molecule has 1 aromatic rings. The van der Waals surface area contributed by atoms with Crippen LogP contribution in [0.25, 0.3) is 0 Å². The van der Waals surface area contributed by atoms with E-state index < -0.39 is 4.92 Å². The highest BCUT2D eigenvalue weighted by Gasteiger charge is 2.22. The van der Waals surface area contributed by atoms with Gasteiger partial charge in [-0.3, -0.25) is 10.1 Å². The minimum absolute atomic E-state index is 0.0413. The molecule has 6 nitrogen and oxygen atoms in total. The number of rotatable bonds is 5. The summed E-state index contributed by atoms with van der Waals surface area (Å²) in [6.45, 7) is 6.61. The van der Waals surface area contributed by atoms with Crippen LogP contribution in [0.5, 0.6) is 0 Å². The molecule has 0 bridgehead atoms. The summed E-state index contributed by atoms with van der Waals surface area (Å²) in [4.78, 5) is 16.8. The lowest BCUT2D eigenvalue weighted by Gasteiger charge is -2.26. The van der Waals surface area contributed by atoms with Gasteiger partial charge in [-0.25, -0.2) is 4.98 Å². The van der Waals surface area contributed by atoms with Crippen LogP contribution in [0.15, 0.2) is 12.1 Å². The van der Waals surface area contributed by atoms with Gasteiger partial charge in [-0.1, -0.05) is 0 Å². The SMILES string of the molecule is CCN(c1nc(NC)ccc1[N+](=O)[O-])C(C)C. The van der Waals surface area contributed by atoms with E-state index in [-0.39, 0.29) is 11.7 Å². The molecular weight excluding hydrogens is 220 g/mol. The molecule has 0 atom stereocenters. The molecule has 6 heteroatoms. The minimum atomic E-state index is -0.396. The second kappa shape index (κ2) is 5.47. The van der Waals surface area contributed by atoms with Crippen molar-refractivity contribution in [3.63, 3.8) is 0 Å². The second-order valence-electron chi connectivity index (χ2n) is 3.93. The van der Waals surface area contributed by atoms with Crippen molar-refractivity contribution in [2.24, 2.45) is 0 Å². The standard InChI is InChI=1S/C11H18N4O2/c1-5-14(8(2)3)11-9(15(16)17)6-7-10(12-4)13-11/h6-8H,5H2,1-4H3,(H,12,13). The minimum Gasteiger partial charge on any atom is -0.373 e. The van der Waals surface area contributed by atoms with Crippen molar-refractivity contribution in [3.05, 3.63) is 22.2 Å². The average molecular weight is 238 g/mol. The van der Waals surface area contributed by atoms with Crippen LogP contribution in [0.1, 0.15) is 20.8 Å². The van der Waals surface area contributed by atoms with E-state index in [0.717, 1.165) is 0 Å². The monoisotopic (exact) mass is 238 g/mol. The molecule has 0 fully saturated rings. The van der Waals surface area contributed by atoms with Crippen LogP contribution in [-0.2, 0) is 0 Å². The molecule has 0 saturated heterocycles. The molecule has 1 rings (SSSR count). The average Bonchev–Trinajstić information content (AvgIpc) is 2.29. The third-order valence-corrected chi connectivity index (χ3v) is 2.54. The van der Waals surface area contributed by atoms with Crippen molar-refractivity contribution in [1.29, 1.82) is 0 Å². The number of nitrogens with zero attached hydrogens (tertiary/aromatic N) is 3. The maximum atomic E-state index is 11.0. The van der Waals surface area contributed by atoms with Gasteiger partial charge < -0.3 is 10.2 Å². The molecule has 0 aliphatic heterocycles. The zero-order valence-electron chi connectivity index (χ0n) is 10.6. The van der Waals surface area contributed by atoms with Gasteiger partial charge in [-0.05, 0) is 26.8 Å². The van der Waals surface area contributed by atoms with Gasteiger partial charge in [0, 0.05) is 25.7 Å². The summed E-state index contributed by atoms with van der Waals surface area (Å²) in [5, 5.41) is 13.9. The van der Waals surface area contributed by atoms with Crippen molar-refractivity contribution < 1.29 is 4.92 Å². The fourth-order valence-electron chi connectivity index (χ4n) is 1.69. The van der Waals surface area contributed by atoms with Crippen molar-refractivity contribution in [3.8, 4) is 0 Å². The van der Waals surface area contributed by atoms with E-state index in [1.807, 2.05) is 25.7 Å². The number of nitro groups is 1. The largest absolute Gasteiger partial charge is 0.373 e. The Morgan fingerprint density at radius 3 is 2.59 bits per heavy atom. The molecule has 0 amide bonds. The highest BCUT2D eigenvalue weighted by molar-refractivity contribution is 5.62. The van der Waals surface area contributed by atoms with Gasteiger partial charge in [0.05, 0.1) is 4.92 Å². The normalized spacial score (nSPS) is 10.4. The van der Waals surface area contributed by atoms with E-state index in [1.54, 1.807) is 13.1 Å². The molecule has 1 heterocycles. The lowest BCUT2D eigenvalue weighted by atomic mass is 10.2. The van der Waals surface area contributed by atoms with E-state index in [0.29, 0.717) is 18.2 Å². The molecule has 17 heavy (non-hydrogen) atoms. The number of hydrogen-bond donors (Lipinski definition) is 1. The maximum Gasteiger partial charge on any atom is 0.311 e. The lowest BCUT2D eigenvalue weighted by Crippen LogP contribution is -2.31. The first-order valence-electron chi connectivity index (χ1n) is 5.61. The maximum absolute atomic E-state index is 11.0. The van der Waals surface area contributed by atoms with Crippen molar-refractivity contribution in [2.45, 2.75) is 26.8 Å². The van der Waals surface area contributed by atoms with Crippen molar-refractivity contribution >= 4 is 17.3 Å². The van der Waals surface area contributed by atoms with Crippen molar-refractivity contribution in [2.75, 3.05) is 23.8 Å². The number of anilines is 2. The number of pyridine rings is 1. The number of nitrogens with one attached hydrogen (secondary N) is 1. The first-order chi connectivity index (χ1) is 8.01. The van der Waals surface area contributed by atoms with Crippen LogP contribution < -0.4 is 10.2 Å². The molecule has 0 aromatic carbocycles. The molecule has 0 saturated carbocycles. The molecule has 0 aliphatic rings. The summed E-state index contributed by atoms with van der Waals surface area (Å²) in [6, 6.07) is 3.26. The predicted molar refractivity (Wildman–Crippen MR) is 68.6 cm³/mol. The van der Waals surface area contributed by atoms with Crippen LogP contribution in [0.2, 0.25) is 0 Å². The summed E-state index contributed by atoms with van der Waals surface area (Å²) in [5.74, 6) is 1.05. The Bertz CT molecular complexity index is 406. The summed E-state index contributed by atoms with van der Waals surface area (Å²) < 4.78 is 0. The van der Waals surface area contributed by atoms with Crippen LogP contribution in [0.4, 0.5) is 17.3 Å². The molecule has 0 unspecified atom stereocenters. The highest BCUT2D eigenvalue weighted by Crippen LogP contribution is 2.28. The Balaban J connectivity index is 3.29. The molecule has 0 radical (unpaired) electrons. The quantitative estimate of drug-likeness (QED) is 0.629. The van der Waals surface area contributed by atoms with Crippen LogP contribution in [0, 0.1) is 10.1 Å². The topological polar surface area (TPSA) is 71.3 Å². The van der Waals surface area contributed by atoms with Gasteiger partial charge in [0.15, 0.2) is 0 Å². The van der Waals surface area contributed by atoms with Crippen LogP contribution in [0.3, 0.4) is 0 Å². The summed E-state index contributed by atoms with van der Waals surface area (Å²) in [6.07, 6.45) is 0. The smallest absolute Gasteiger partial charge is 0.311 e. The van der Waals surface area contributed by atoms with Gasteiger partial charge >= 0.3 is 5.69 Å². The first kappa shape index (κ1) is 13.2. The zero-order valence-corrected chi connectivity index (χ0v) is 10.6. The summed E-state index contributed by atoms with van der Waals surface area (Å²) in [5.41, 5.74) is 0.0413. The van der Waals surface area contributed by atoms with Crippen LogP contribution >= 0.6 is 0 Å². The van der Waals surface area contributed by atoms with Gasteiger partial charge in [0.1, 0.15) is 5.82 Å². The van der Waals surface area contributed by atoms with Crippen molar-refractivity contribution in [1.82, 2.24) is 4.98 Å². The highest BCUT2D eigenvalue weighted by atomic mass is 16.6. The van der Waals surface area contributed by atoms with Gasteiger partial charge in [-0.2, -0.15) is 0 Å². The Morgan fingerprint density at radius 2 is 2.18 bits per heavy atom. The van der Waals surface area contributed by atoms with E-state index >= 15 is 0 Å². The number of hydrogen-bond acceptors (Lipinski definition) is 5. The Kier molecular flexibility index (Phi) is 4.25. The Morgan fingerprint density at radius 1 is 1.53 bits per heavy atom. The lowest BCUT2D eigenvalue weighted by molar-refractivity contribution is -0.384. The summed E-state index contributed by atoms with van der Waals surface area (Å²) >= 11 is 0. The summed E-state index contributed by atoms with van der Waals surface area (Å²) in [7, 11) is 1.74. The zero-order chi connectivity index (χ0) is 13.0. The van der Waals surface area contributed by atoms with E-state index in [1.165, 1.54) is 6.07 Å². The van der Waals surface area contributed by atoms with Gasteiger partial charge in [-0.15, -0.1) is 0 Å². The molecule has 1 aromatic heterocycles. The van der Waals surface area contributed by atoms with Gasteiger partial charge in [0.25, 0.3) is 0 Å². The first-order valence-corrected chi connectivity index (χ1v) is 5.61. The molecule has 0 aliphatic carbocycles.